The van der Waals surface area contributed by atoms with E-state index in [0.717, 1.165) is 43.3 Å². The predicted molar refractivity (Wildman–Crippen MR) is 108 cm³/mol. The smallest absolute Gasteiger partial charge is 0.274 e. The summed E-state index contributed by atoms with van der Waals surface area (Å²) in [6.45, 7) is 3.22. The number of carbonyl (C=O) groups excluding carboxylic acids is 1. The highest BCUT2D eigenvalue weighted by atomic mass is 16.5. The van der Waals surface area contributed by atoms with Gasteiger partial charge in [0.2, 0.25) is 0 Å². The van der Waals surface area contributed by atoms with Crippen LogP contribution < -0.4 is 5.32 Å². The maximum Gasteiger partial charge on any atom is 0.274 e. The standard InChI is InChI=1S/C21H25N5O2/c1-24-10-12-25(13-11-24)21(27)18-15-26(17-6-4-3-5-7-17)20(23-18)16-8-9-19(28-2)22-14-16/h3-9,14-15,19,22H,10-13H2,1-2H3. The van der Waals surface area contributed by atoms with Crippen LogP contribution in [0.15, 0.2) is 54.9 Å². The maximum absolute atomic E-state index is 13.0. The minimum atomic E-state index is -0.157. The molecule has 1 amide bonds. The highest BCUT2D eigenvalue weighted by molar-refractivity contribution is 5.93. The minimum absolute atomic E-state index is 0.0212. The number of aromatic nitrogens is 2. The van der Waals surface area contributed by atoms with Crippen LogP contribution in [0, 0.1) is 0 Å². The molecule has 28 heavy (non-hydrogen) atoms. The Morgan fingerprint density at radius 1 is 1.18 bits per heavy atom. The number of piperazine rings is 1. The van der Waals surface area contributed by atoms with Crippen molar-refractivity contribution >= 4 is 11.5 Å². The molecule has 3 heterocycles. The Hall–Kier alpha value is -2.90. The Balaban J connectivity index is 1.68. The first kappa shape index (κ1) is 18.5. The van der Waals surface area contributed by atoms with E-state index in [9.17, 15) is 4.79 Å². The molecule has 1 fully saturated rings. The van der Waals surface area contributed by atoms with Gasteiger partial charge in [0, 0.05) is 56.9 Å². The quantitative estimate of drug-likeness (QED) is 0.877. The Kier molecular flexibility index (Phi) is 5.27. The normalized spacial score (nSPS) is 20.0. The second-order valence-corrected chi connectivity index (χ2v) is 7.03. The Labute approximate surface area is 164 Å². The van der Waals surface area contributed by atoms with Crippen LogP contribution in [0.25, 0.3) is 11.3 Å². The molecule has 1 saturated heterocycles. The van der Waals surface area contributed by atoms with E-state index in [-0.39, 0.29) is 12.1 Å². The molecule has 2 aliphatic rings. The number of ether oxygens (including phenoxy) is 1. The highest BCUT2D eigenvalue weighted by Gasteiger charge is 2.25. The summed E-state index contributed by atoms with van der Waals surface area (Å²) in [4.78, 5) is 21.9. The van der Waals surface area contributed by atoms with Gasteiger partial charge in [-0.05, 0) is 31.3 Å². The first-order valence-electron chi connectivity index (χ1n) is 9.46. The summed E-state index contributed by atoms with van der Waals surface area (Å²) >= 11 is 0. The fraction of sp³-hybridized carbons (Fsp3) is 0.333. The zero-order chi connectivity index (χ0) is 19.5. The number of amides is 1. The molecule has 1 N–H and O–H groups in total. The summed E-state index contributed by atoms with van der Waals surface area (Å²) in [5.41, 5.74) is 2.33. The summed E-state index contributed by atoms with van der Waals surface area (Å²) < 4.78 is 7.25. The Morgan fingerprint density at radius 3 is 2.57 bits per heavy atom. The molecule has 0 saturated carbocycles. The lowest BCUT2D eigenvalue weighted by Gasteiger charge is -2.31. The highest BCUT2D eigenvalue weighted by Crippen LogP contribution is 2.23. The van der Waals surface area contributed by atoms with Crippen LogP contribution >= 0.6 is 0 Å². The summed E-state index contributed by atoms with van der Waals surface area (Å²) in [7, 11) is 3.73. The third-order valence-corrected chi connectivity index (χ3v) is 5.12. The van der Waals surface area contributed by atoms with Gasteiger partial charge in [0.1, 0.15) is 17.7 Å². The van der Waals surface area contributed by atoms with Crippen molar-refractivity contribution in [1.29, 1.82) is 0 Å². The molecule has 0 radical (unpaired) electrons. The van der Waals surface area contributed by atoms with Gasteiger partial charge >= 0.3 is 0 Å². The lowest BCUT2D eigenvalue weighted by Crippen LogP contribution is -2.47. The molecule has 1 aromatic carbocycles. The number of hydrogen-bond donors (Lipinski definition) is 1. The first-order chi connectivity index (χ1) is 13.7. The van der Waals surface area contributed by atoms with E-state index < -0.39 is 0 Å². The van der Waals surface area contributed by atoms with Crippen molar-refractivity contribution in [3.05, 3.63) is 66.4 Å². The summed E-state index contributed by atoms with van der Waals surface area (Å²) in [6.07, 6.45) is 7.45. The number of methoxy groups -OCH3 is 1. The molecule has 7 heteroatoms. The van der Waals surface area contributed by atoms with Gasteiger partial charge in [0.15, 0.2) is 0 Å². The van der Waals surface area contributed by atoms with Crippen molar-refractivity contribution in [3.63, 3.8) is 0 Å². The maximum atomic E-state index is 13.0. The first-order valence-corrected chi connectivity index (χ1v) is 9.46. The number of para-hydroxylation sites is 1. The lowest BCUT2D eigenvalue weighted by molar-refractivity contribution is 0.0658. The fourth-order valence-corrected chi connectivity index (χ4v) is 3.40. The number of benzene rings is 1. The minimum Gasteiger partial charge on any atom is -0.362 e. The average Bonchev–Trinajstić information content (AvgIpc) is 3.20. The van der Waals surface area contributed by atoms with Crippen molar-refractivity contribution < 1.29 is 9.53 Å². The van der Waals surface area contributed by atoms with E-state index in [2.05, 4.69) is 17.3 Å². The zero-order valence-electron chi connectivity index (χ0n) is 16.2. The molecule has 1 aromatic heterocycles. The van der Waals surface area contributed by atoms with Gasteiger partial charge in [-0.25, -0.2) is 4.98 Å². The van der Waals surface area contributed by atoms with Crippen molar-refractivity contribution in [2.75, 3.05) is 40.3 Å². The number of rotatable bonds is 4. The van der Waals surface area contributed by atoms with Crippen LogP contribution in [-0.4, -0.2) is 71.8 Å². The summed E-state index contributed by atoms with van der Waals surface area (Å²) in [5, 5.41) is 3.18. The molecule has 7 nitrogen and oxygen atoms in total. The molecule has 1 unspecified atom stereocenters. The molecule has 0 aliphatic carbocycles. The number of carbonyl (C=O) groups is 1. The molecule has 0 spiro atoms. The zero-order valence-corrected chi connectivity index (χ0v) is 16.2. The van der Waals surface area contributed by atoms with Crippen LogP contribution in [0.2, 0.25) is 0 Å². The fourth-order valence-electron chi connectivity index (χ4n) is 3.40. The largest absolute Gasteiger partial charge is 0.362 e. The van der Waals surface area contributed by atoms with Crippen LogP contribution in [-0.2, 0) is 4.74 Å². The SMILES string of the molecule is COC1C=CC(c2nc(C(=O)N3CCN(C)CC3)cn2-c2ccccc2)=CN1. The molecule has 146 valence electrons. The van der Waals surface area contributed by atoms with E-state index in [1.807, 2.05) is 64.3 Å². The van der Waals surface area contributed by atoms with E-state index in [4.69, 9.17) is 9.72 Å². The van der Waals surface area contributed by atoms with Crippen LogP contribution in [0.5, 0.6) is 0 Å². The predicted octanol–water partition coefficient (Wildman–Crippen LogP) is 1.73. The second kappa shape index (κ2) is 8.00. The topological polar surface area (TPSA) is 62.6 Å². The van der Waals surface area contributed by atoms with E-state index in [1.165, 1.54) is 0 Å². The Bertz CT molecular complexity index is 895. The van der Waals surface area contributed by atoms with E-state index in [1.54, 1.807) is 7.11 Å². The van der Waals surface area contributed by atoms with Gasteiger partial charge in [-0.15, -0.1) is 0 Å². The molecule has 2 aromatic rings. The monoisotopic (exact) mass is 379 g/mol. The number of nitrogens with one attached hydrogen (secondary N) is 1. The van der Waals surface area contributed by atoms with Crippen molar-refractivity contribution in [2.45, 2.75) is 6.23 Å². The number of imidazole rings is 1. The number of dihydropyridines is 1. The van der Waals surface area contributed by atoms with Gasteiger partial charge < -0.3 is 19.9 Å². The third kappa shape index (κ3) is 3.72. The van der Waals surface area contributed by atoms with Crippen LogP contribution in [0.4, 0.5) is 0 Å². The molecular formula is C21H25N5O2. The van der Waals surface area contributed by atoms with Crippen molar-refractivity contribution in [1.82, 2.24) is 24.7 Å². The summed E-state index contributed by atoms with van der Waals surface area (Å²) in [5.74, 6) is 0.703. The van der Waals surface area contributed by atoms with Crippen molar-refractivity contribution in [2.24, 2.45) is 0 Å². The van der Waals surface area contributed by atoms with Crippen molar-refractivity contribution in [3.8, 4) is 5.69 Å². The van der Waals surface area contributed by atoms with E-state index in [0.29, 0.717) is 5.69 Å². The van der Waals surface area contributed by atoms with Gasteiger partial charge in [-0.2, -0.15) is 0 Å². The molecular weight excluding hydrogens is 354 g/mol. The third-order valence-electron chi connectivity index (χ3n) is 5.12. The van der Waals surface area contributed by atoms with Gasteiger partial charge in [-0.1, -0.05) is 18.2 Å². The van der Waals surface area contributed by atoms with Crippen LogP contribution in [0.1, 0.15) is 16.3 Å². The second-order valence-electron chi connectivity index (χ2n) is 7.03. The summed E-state index contributed by atoms with van der Waals surface area (Å²) in [6, 6.07) is 9.94. The molecule has 0 bridgehead atoms. The molecule has 1 atom stereocenters. The number of hydrogen-bond acceptors (Lipinski definition) is 5. The number of nitrogens with zero attached hydrogens (tertiary/aromatic N) is 4. The van der Waals surface area contributed by atoms with Gasteiger partial charge in [-0.3, -0.25) is 9.36 Å². The molecule has 4 rings (SSSR count). The Morgan fingerprint density at radius 2 is 1.93 bits per heavy atom. The number of likely N-dealkylation sites (N-methyl/N-ethyl adjacent to an activating group) is 1. The average molecular weight is 379 g/mol. The number of allylic oxidation sites excluding steroid dienone is 2. The van der Waals surface area contributed by atoms with Crippen LogP contribution in [0.3, 0.4) is 0 Å². The lowest BCUT2D eigenvalue weighted by atomic mass is 10.2. The van der Waals surface area contributed by atoms with Gasteiger partial charge in [0.05, 0.1) is 0 Å². The molecule has 2 aliphatic heterocycles. The van der Waals surface area contributed by atoms with Gasteiger partial charge in [0.25, 0.3) is 5.91 Å². The van der Waals surface area contributed by atoms with E-state index >= 15 is 0 Å².